The van der Waals surface area contributed by atoms with Crippen molar-refractivity contribution >= 4 is 58.9 Å². The van der Waals surface area contributed by atoms with Gasteiger partial charge in [-0.15, -0.1) is 11.3 Å². The highest BCUT2D eigenvalue weighted by molar-refractivity contribution is 9.11. The lowest BCUT2D eigenvalue weighted by Gasteiger charge is -2.04. The molecule has 104 valence electrons. The molecule has 6 nitrogen and oxygen atoms in total. The molecule has 0 aliphatic carbocycles. The van der Waals surface area contributed by atoms with Crippen molar-refractivity contribution in [2.75, 3.05) is 19.3 Å². The van der Waals surface area contributed by atoms with Gasteiger partial charge in [0.1, 0.15) is 4.21 Å². The molecule has 0 atom stereocenters. The molecular weight excluding hydrogens is 388 g/mol. The van der Waals surface area contributed by atoms with Gasteiger partial charge in [-0.05, 0) is 22.0 Å². The molecule has 0 fully saturated rings. The van der Waals surface area contributed by atoms with Crippen molar-refractivity contribution in [2.45, 2.75) is 4.21 Å². The Morgan fingerprint density at radius 1 is 1.28 bits per heavy atom. The highest BCUT2D eigenvalue weighted by Gasteiger charge is 2.18. The van der Waals surface area contributed by atoms with Crippen LogP contribution in [0.4, 0.5) is 0 Å². The van der Waals surface area contributed by atoms with E-state index in [0.29, 0.717) is 8.81 Å². The second kappa shape index (κ2) is 6.16. The van der Waals surface area contributed by atoms with E-state index < -0.39 is 20.0 Å². The summed E-state index contributed by atoms with van der Waals surface area (Å²) in [6.07, 6.45) is 0.998. The monoisotopic (exact) mass is 396 g/mol. The maximum absolute atomic E-state index is 11.8. The molecule has 0 saturated carbocycles. The molecule has 2 N–H and O–H groups in total. The van der Waals surface area contributed by atoms with Crippen molar-refractivity contribution in [1.82, 2.24) is 9.44 Å². The Kier molecular flexibility index (Phi) is 5.59. The first-order chi connectivity index (χ1) is 8.12. The lowest BCUT2D eigenvalue weighted by molar-refractivity contribution is 0.574. The van der Waals surface area contributed by atoms with E-state index in [1.165, 1.54) is 6.07 Å². The third-order valence-corrected chi connectivity index (χ3v) is 6.81. The highest BCUT2D eigenvalue weighted by atomic mass is 79.9. The van der Waals surface area contributed by atoms with Crippen LogP contribution in [0.3, 0.4) is 0 Å². The van der Waals surface area contributed by atoms with Crippen molar-refractivity contribution in [3.63, 3.8) is 0 Å². The Labute approximate surface area is 123 Å². The topological polar surface area (TPSA) is 92.3 Å². The maximum Gasteiger partial charge on any atom is 0.250 e. The fourth-order valence-electron chi connectivity index (χ4n) is 0.952. The summed E-state index contributed by atoms with van der Waals surface area (Å²) in [5, 5.41) is 0.314. The van der Waals surface area contributed by atoms with Crippen molar-refractivity contribution in [1.29, 1.82) is 0 Å². The number of halogens is 2. The van der Waals surface area contributed by atoms with Crippen LogP contribution in [0.1, 0.15) is 0 Å². The zero-order valence-corrected chi connectivity index (χ0v) is 13.9. The van der Waals surface area contributed by atoms with Crippen LogP contribution in [-0.2, 0) is 20.0 Å². The van der Waals surface area contributed by atoms with Gasteiger partial charge in [-0.25, -0.2) is 26.3 Å². The normalized spacial score (nSPS) is 12.8. The molecule has 0 aromatic carbocycles. The van der Waals surface area contributed by atoms with Crippen LogP contribution in [0.15, 0.2) is 14.1 Å². The molecule has 0 bridgehead atoms. The van der Waals surface area contributed by atoms with Crippen LogP contribution >= 0.6 is 38.9 Å². The van der Waals surface area contributed by atoms with Gasteiger partial charge in [-0.1, -0.05) is 11.6 Å². The van der Waals surface area contributed by atoms with Crippen molar-refractivity contribution in [2.24, 2.45) is 0 Å². The molecule has 0 amide bonds. The van der Waals surface area contributed by atoms with Gasteiger partial charge in [0.25, 0.3) is 0 Å². The third kappa shape index (κ3) is 5.11. The lowest BCUT2D eigenvalue weighted by Crippen LogP contribution is -2.33. The zero-order chi connectivity index (χ0) is 14.0. The van der Waals surface area contributed by atoms with Crippen LogP contribution in [0, 0.1) is 0 Å². The lowest BCUT2D eigenvalue weighted by atomic mass is 10.7. The summed E-state index contributed by atoms with van der Waals surface area (Å²) in [7, 11) is -6.98. The Hall–Kier alpha value is 0.290. The number of sulfonamides is 2. The van der Waals surface area contributed by atoms with Crippen LogP contribution in [0.2, 0.25) is 5.02 Å². The van der Waals surface area contributed by atoms with E-state index in [2.05, 4.69) is 25.4 Å². The number of nitrogens with one attached hydrogen (secondary N) is 2. The smallest absolute Gasteiger partial charge is 0.214 e. The van der Waals surface area contributed by atoms with E-state index in [-0.39, 0.29) is 17.3 Å². The summed E-state index contributed by atoms with van der Waals surface area (Å²) in [5.41, 5.74) is 0. The molecule has 0 unspecified atom stereocenters. The summed E-state index contributed by atoms with van der Waals surface area (Å²) in [4.78, 5) is 0. The number of thiophene rings is 1. The average Bonchev–Trinajstić information content (AvgIpc) is 2.54. The number of rotatable bonds is 6. The fraction of sp³-hybridized carbons (Fsp3) is 0.429. The first-order valence-corrected chi connectivity index (χ1v) is 9.87. The predicted octanol–water partition coefficient (Wildman–Crippen LogP) is 0.992. The van der Waals surface area contributed by atoms with Crippen LogP contribution < -0.4 is 9.44 Å². The highest BCUT2D eigenvalue weighted by Crippen LogP contribution is 2.34. The molecule has 0 saturated heterocycles. The van der Waals surface area contributed by atoms with Gasteiger partial charge in [-0.2, -0.15) is 0 Å². The Morgan fingerprint density at radius 2 is 1.83 bits per heavy atom. The van der Waals surface area contributed by atoms with Gasteiger partial charge in [0.2, 0.25) is 20.0 Å². The van der Waals surface area contributed by atoms with Crippen molar-refractivity contribution in [3.8, 4) is 0 Å². The average molecular weight is 398 g/mol. The summed E-state index contributed by atoms with van der Waals surface area (Å²) in [6, 6.07) is 1.32. The Bertz CT molecular complexity index is 606. The second-order valence-corrected chi connectivity index (χ2v) is 9.86. The van der Waals surface area contributed by atoms with Gasteiger partial charge >= 0.3 is 0 Å². The molecule has 0 radical (unpaired) electrons. The quantitative estimate of drug-likeness (QED) is 0.700. The van der Waals surface area contributed by atoms with E-state index in [0.717, 1.165) is 17.6 Å². The van der Waals surface area contributed by atoms with E-state index >= 15 is 0 Å². The first-order valence-electron chi connectivity index (χ1n) is 4.51. The molecule has 1 aromatic rings. The predicted molar refractivity (Wildman–Crippen MR) is 75.1 cm³/mol. The SMILES string of the molecule is CS(=O)(=O)NCCNS(=O)(=O)c1cc(Cl)c(Br)s1. The molecule has 11 heteroatoms. The largest absolute Gasteiger partial charge is 0.250 e. The van der Waals surface area contributed by atoms with Gasteiger partial charge in [0.05, 0.1) is 15.1 Å². The van der Waals surface area contributed by atoms with Gasteiger partial charge in [-0.3, -0.25) is 0 Å². The van der Waals surface area contributed by atoms with Gasteiger partial charge in [0, 0.05) is 13.1 Å². The second-order valence-electron chi connectivity index (χ2n) is 3.25. The Balaban J connectivity index is 2.61. The molecule has 0 spiro atoms. The van der Waals surface area contributed by atoms with Crippen molar-refractivity contribution < 1.29 is 16.8 Å². The third-order valence-electron chi connectivity index (χ3n) is 1.67. The van der Waals surface area contributed by atoms with Crippen molar-refractivity contribution in [3.05, 3.63) is 14.9 Å². The molecule has 0 aliphatic heterocycles. The van der Waals surface area contributed by atoms with E-state index in [9.17, 15) is 16.8 Å². The van der Waals surface area contributed by atoms with Crippen LogP contribution in [-0.4, -0.2) is 36.2 Å². The molecular formula is C7H10BrClN2O4S3. The minimum absolute atomic E-state index is 0.0155. The molecule has 18 heavy (non-hydrogen) atoms. The van der Waals surface area contributed by atoms with E-state index in [1.807, 2.05) is 0 Å². The summed E-state index contributed by atoms with van der Waals surface area (Å²) < 4.78 is 50.1. The standard InChI is InChI=1S/C7H10BrClN2O4S3/c1-17(12,13)10-2-3-11-18(14,15)6-4-5(9)7(8)16-6/h4,10-11H,2-3H2,1H3. The first kappa shape index (κ1) is 16.3. The number of hydrogen-bond donors (Lipinski definition) is 2. The summed E-state index contributed by atoms with van der Waals surface area (Å²) in [6.45, 7) is -0.0547. The van der Waals surface area contributed by atoms with E-state index in [4.69, 9.17) is 11.6 Å². The molecule has 0 aliphatic rings. The van der Waals surface area contributed by atoms with E-state index in [1.54, 1.807) is 0 Å². The van der Waals surface area contributed by atoms with Gasteiger partial charge in [0.15, 0.2) is 0 Å². The van der Waals surface area contributed by atoms with Crippen LogP contribution in [0.5, 0.6) is 0 Å². The van der Waals surface area contributed by atoms with Gasteiger partial charge < -0.3 is 0 Å². The Morgan fingerprint density at radius 3 is 2.28 bits per heavy atom. The number of hydrogen-bond acceptors (Lipinski definition) is 5. The minimum Gasteiger partial charge on any atom is -0.214 e. The molecule has 1 rings (SSSR count). The molecule has 1 heterocycles. The zero-order valence-electron chi connectivity index (χ0n) is 9.11. The maximum atomic E-state index is 11.8. The fourth-order valence-corrected chi connectivity index (χ4v) is 4.90. The minimum atomic E-state index is -3.66. The summed E-state index contributed by atoms with van der Waals surface area (Å²) in [5.74, 6) is 0. The summed E-state index contributed by atoms with van der Waals surface area (Å²) >= 11 is 9.84. The molecule has 1 aromatic heterocycles. The van der Waals surface area contributed by atoms with Crippen LogP contribution in [0.25, 0.3) is 0 Å².